The van der Waals surface area contributed by atoms with Crippen LogP contribution in [0.15, 0.2) is 24.3 Å². The number of nitrogens with one attached hydrogen (secondary N) is 1. The molecule has 0 atom stereocenters. The van der Waals surface area contributed by atoms with Gasteiger partial charge in [0.05, 0.1) is 6.54 Å². The molecule has 17 heavy (non-hydrogen) atoms. The molecule has 1 aromatic rings. The van der Waals surface area contributed by atoms with Crippen LogP contribution in [-0.4, -0.2) is 13.1 Å². The van der Waals surface area contributed by atoms with E-state index in [0.717, 1.165) is 19.5 Å². The summed E-state index contributed by atoms with van der Waals surface area (Å²) in [6.45, 7) is 10.3. The molecule has 0 aliphatic rings. The lowest BCUT2D eigenvalue weighted by atomic mass is 9.98. The molecule has 92 valence electrons. The summed E-state index contributed by atoms with van der Waals surface area (Å²) in [6.07, 6.45) is 1.07. The minimum atomic E-state index is 0.109. The summed E-state index contributed by atoms with van der Waals surface area (Å²) in [5.74, 6) is 6.38. The maximum Gasteiger partial charge on any atom is 0.0576 e. The fourth-order valence-electron chi connectivity index (χ4n) is 1.57. The van der Waals surface area contributed by atoms with Crippen LogP contribution in [0.4, 0.5) is 0 Å². The first-order chi connectivity index (χ1) is 7.99. The topological polar surface area (TPSA) is 12.0 Å². The second-order valence-corrected chi connectivity index (χ2v) is 5.41. The maximum absolute atomic E-state index is 3.36. The minimum Gasteiger partial charge on any atom is -0.306 e. The Balaban J connectivity index is 2.25. The molecule has 0 fully saturated rings. The van der Waals surface area contributed by atoms with Gasteiger partial charge in [0.25, 0.3) is 0 Å². The summed E-state index contributed by atoms with van der Waals surface area (Å²) in [6, 6.07) is 8.54. The number of rotatable bonds is 4. The van der Waals surface area contributed by atoms with Crippen LogP contribution in [0.2, 0.25) is 0 Å². The molecule has 1 N–H and O–H groups in total. The van der Waals surface area contributed by atoms with E-state index in [1.165, 1.54) is 11.1 Å². The van der Waals surface area contributed by atoms with Crippen molar-refractivity contribution < 1.29 is 0 Å². The van der Waals surface area contributed by atoms with E-state index in [1.54, 1.807) is 0 Å². The molecule has 1 nitrogen and oxygen atoms in total. The largest absolute Gasteiger partial charge is 0.306 e. The zero-order chi connectivity index (χ0) is 12.7. The van der Waals surface area contributed by atoms with E-state index >= 15 is 0 Å². The summed E-state index contributed by atoms with van der Waals surface area (Å²) in [5.41, 5.74) is 2.90. The SMILES string of the molecule is Cc1ccccc1CCNCC#CC(C)(C)C. The van der Waals surface area contributed by atoms with Gasteiger partial charge in [-0.25, -0.2) is 0 Å². The molecule has 0 aliphatic carbocycles. The van der Waals surface area contributed by atoms with Gasteiger partial charge in [-0.3, -0.25) is 0 Å². The molecular weight excluding hydrogens is 206 g/mol. The maximum atomic E-state index is 3.36. The van der Waals surface area contributed by atoms with E-state index in [9.17, 15) is 0 Å². The Morgan fingerprint density at radius 1 is 1.18 bits per heavy atom. The summed E-state index contributed by atoms with van der Waals surface area (Å²) in [7, 11) is 0. The molecule has 0 aliphatic heterocycles. The number of aryl methyl sites for hydroxylation is 1. The highest BCUT2D eigenvalue weighted by Crippen LogP contribution is 2.09. The molecule has 0 spiro atoms. The van der Waals surface area contributed by atoms with Crippen LogP contribution in [0.3, 0.4) is 0 Å². The van der Waals surface area contributed by atoms with Gasteiger partial charge < -0.3 is 5.32 Å². The van der Waals surface area contributed by atoms with E-state index in [2.05, 4.69) is 69.1 Å². The average Bonchev–Trinajstić information content (AvgIpc) is 2.24. The second kappa shape index (κ2) is 6.47. The van der Waals surface area contributed by atoms with Crippen molar-refractivity contribution in [2.24, 2.45) is 5.41 Å². The highest BCUT2D eigenvalue weighted by Gasteiger charge is 2.02. The third-order valence-corrected chi connectivity index (χ3v) is 2.51. The van der Waals surface area contributed by atoms with Crippen LogP contribution in [0, 0.1) is 24.2 Å². The minimum absolute atomic E-state index is 0.109. The van der Waals surface area contributed by atoms with Crippen molar-refractivity contribution >= 4 is 0 Å². The van der Waals surface area contributed by atoms with Gasteiger partial charge in [-0.1, -0.05) is 36.1 Å². The van der Waals surface area contributed by atoms with E-state index in [1.807, 2.05) is 0 Å². The van der Waals surface area contributed by atoms with Crippen molar-refractivity contribution in [3.05, 3.63) is 35.4 Å². The molecule has 1 rings (SSSR count). The summed E-state index contributed by atoms with van der Waals surface area (Å²) < 4.78 is 0. The van der Waals surface area contributed by atoms with Crippen LogP contribution < -0.4 is 5.32 Å². The first kappa shape index (κ1) is 13.8. The van der Waals surface area contributed by atoms with Crippen LogP contribution in [0.25, 0.3) is 0 Å². The van der Waals surface area contributed by atoms with E-state index in [-0.39, 0.29) is 5.41 Å². The van der Waals surface area contributed by atoms with Gasteiger partial charge in [-0.2, -0.15) is 0 Å². The zero-order valence-electron chi connectivity index (χ0n) is 11.4. The Bertz CT molecular complexity index is 402. The Labute approximate surface area is 106 Å². The Kier molecular flexibility index (Phi) is 5.25. The van der Waals surface area contributed by atoms with Crippen molar-refractivity contribution in [3.63, 3.8) is 0 Å². The molecule has 0 bridgehead atoms. The molecule has 1 aromatic carbocycles. The van der Waals surface area contributed by atoms with Gasteiger partial charge >= 0.3 is 0 Å². The molecule has 0 unspecified atom stereocenters. The van der Waals surface area contributed by atoms with Crippen molar-refractivity contribution in [3.8, 4) is 11.8 Å². The predicted molar refractivity (Wildman–Crippen MR) is 75.0 cm³/mol. The van der Waals surface area contributed by atoms with Crippen LogP contribution >= 0.6 is 0 Å². The fraction of sp³-hybridized carbons (Fsp3) is 0.500. The normalized spacial score (nSPS) is 10.8. The summed E-state index contributed by atoms with van der Waals surface area (Å²) in [5, 5.41) is 3.36. The molecule has 0 aromatic heterocycles. The number of hydrogen-bond donors (Lipinski definition) is 1. The molecule has 0 saturated heterocycles. The molecule has 1 heteroatoms. The van der Waals surface area contributed by atoms with Gasteiger partial charge in [-0.15, -0.1) is 0 Å². The van der Waals surface area contributed by atoms with E-state index in [4.69, 9.17) is 0 Å². The number of hydrogen-bond acceptors (Lipinski definition) is 1. The highest BCUT2D eigenvalue weighted by atomic mass is 14.8. The third kappa shape index (κ3) is 6.14. The second-order valence-electron chi connectivity index (χ2n) is 5.41. The van der Waals surface area contributed by atoms with Crippen molar-refractivity contribution in [2.75, 3.05) is 13.1 Å². The quantitative estimate of drug-likeness (QED) is 0.617. The third-order valence-electron chi connectivity index (χ3n) is 2.51. The van der Waals surface area contributed by atoms with Gasteiger partial charge in [0.15, 0.2) is 0 Å². The Morgan fingerprint density at radius 3 is 2.53 bits per heavy atom. The zero-order valence-corrected chi connectivity index (χ0v) is 11.4. The lowest BCUT2D eigenvalue weighted by Crippen LogP contribution is -2.18. The van der Waals surface area contributed by atoms with E-state index in [0.29, 0.717) is 0 Å². The first-order valence-electron chi connectivity index (χ1n) is 6.24. The van der Waals surface area contributed by atoms with Gasteiger partial charge in [0.1, 0.15) is 0 Å². The molecule has 0 radical (unpaired) electrons. The first-order valence-corrected chi connectivity index (χ1v) is 6.24. The van der Waals surface area contributed by atoms with Gasteiger partial charge in [0.2, 0.25) is 0 Å². The Morgan fingerprint density at radius 2 is 1.88 bits per heavy atom. The molecule has 0 amide bonds. The standard InChI is InChI=1S/C16H23N/c1-14-8-5-6-9-15(14)10-13-17-12-7-11-16(2,3)4/h5-6,8-9,17H,10,12-13H2,1-4H3. The van der Waals surface area contributed by atoms with Crippen LogP contribution in [0.1, 0.15) is 31.9 Å². The fourth-order valence-corrected chi connectivity index (χ4v) is 1.57. The van der Waals surface area contributed by atoms with Gasteiger partial charge in [-0.05, 0) is 45.2 Å². The molecule has 0 saturated carbocycles. The van der Waals surface area contributed by atoms with Crippen molar-refractivity contribution in [1.29, 1.82) is 0 Å². The monoisotopic (exact) mass is 229 g/mol. The smallest absolute Gasteiger partial charge is 0.0576 e. The highest BCUT2D eigenvalue weighted by molar-refractivity contribution is 5.25. The van der Waals surface area contributed by atoms with Crippen molar-refractivity contribution in [2.45, 2.75) is 34.1 Å². The van der Waals surface area contributed by atoms with Crippen LogP contribution in [-0.2, 0) is 6.42 Å². The average molecular weight is 229 g/mol. The van der Waals surface area contributed by atoms with Gasteiger partial charge in [0, 0.05) is 12.0 Å². The lowest BCUT2D eigenvalue weighted by molar-refractivity contribution is 0.570. The van der Waals surface area contributed by atoms with Crippen LogP contribution in [0.5, 0.6) is 0 Å². The lowest BCUT2D eigenvalue weighted by Gasteiger charge is -2.07. The summed E-state index contributed by atoms with van der Waals surface area (Å²) >= 11 is 0. The van der Waals surface area contributed by atoms with E-state index < -0.39 is 0 Å². The summed E-state index contributed by atoms with van der Waals surface area (Å²) in [4.78, 5) is 0. The van der Waals surface area contributed by atoms with Crippen molar-refractivity contribution in [1.82, 2.24) is 5.32 Å². The molecular formula is C16H23N. The number of benzene rings is 1. The molecule has 0 heterocycles. The Hall–Kier alpha value is -1.26. The predicted octanol–water partition coefficient (Wildman–Crippen LogP) is 3.18.